The summed E-state index contributed by atoms with van der Waals surface area (Å²) in [6.07, 6.45) is 4.51. The van der Waals surface area contributed by atoms with Crippen LogP contribution in [0.5, 0.6) is 11.5 Å². The number of hydrogen-bond donors (Lipinski definition) is 1. The molecule has 0 atom stereocenters. The Morgan fingerprint density at radius 3 is 2.55 bits per heavy atom. The molecule has 0 saturated carbocycles. The second-order valence-corrected chi connectivity index (χ2v) is 5.84. The van der Waals surface area contributed by atoms with E-state index in [4.69, 9.17) is 9.47 Å². The van der Waals surface area contributed by atoms with Crippen molar-refractivity contribution in [3.8, 4) is 11.5 Å². The lowest BCUT2D eigenvalue weighted by Gasteiger charge is -2.11. The van der Waals surface area contributed by atoms with E-state index >= 15 is 0 Å². The summed E-state index contributed by atoms with van der Waals surface area (Å²) in [4.78, 5) is 28.1. The van der Waals surface area contributed by atoms with Gasteiger partial charge < -0.3 is 9.47 Å². The van der Waals surface area contributed by atoms with Crippen LogP contribution in [0.4, 0.5) is 0 Å². The number of nitrogens with one attached hydrogen (secondary N) is 1. The molecule has 1 amide bonds. The Morgan fingerprint density at radius 2 is 1.83 bits per heavy atom. The van der Waals surface area contributed by atoms with Crippen LogP contribution in [0.2, 0.25) is 0 Å². The molecule has 0 fully saturated rings. The van der Waals surface area contributed by atoms with Gasteiger partial charge in [0.25, 0.3) is 5.91 Å². The number of hydrazone groups is 1. The molecule has 0 saturated heterocycles. The molecule has 3 rings (SSSR count). The Kier molecular flexibility index (Phi) is 6.67. The van der Waals surface area contributed by atoms with Crippen molar-refractivity contribution in [3.63, 3.8) is 0 Å². The molecule has 7 nitrogen and oxygen atoms in total. The Morgan fingerprint density at radius 1 is 1.03 bits per heavy atom. The van der Waals surface area contributed by atoms with E-state index in [9.17, 15) is 9.59 Å². The van der Waals surface area contributed by atoms with Gasteiger partial charge in [-0.3, -0.25) is 9.78 Å². The largest absolute Gasteiger partial charge is 0.490 e. The molecule has 1 heterocycles. The molecule has 2 aromatic carbocycles. The lowest BCUT2D eigenvalue weighted by Crippen LogP contribution is -2.17. The van der Waals surface area contributed by atoms with Gasteiger partial charge in [-0.15, -0.1) is 0 Å². The van der Waals surface area contributed by atoms with Crippen LogP contribution >= 0.6 is 0 Å². The third-order valence-corrected chi connectivity index (χ3v) is 3.78. The van der Waals surface area contributed by atoms with Crippen LogP contribution in [0.15, 0.2) is 78.2 Å². The van der Waals surface area contributed by atoms with Gasteiger partial charge in [-0.05, 0) is 55.0 Å². The first-order valence-corrected chi connectivity index (χ1v) is 8.95. The summed E-state index contributed by atoms with van der Waals surface area (Å²) in [6.45, 7) is 2.23. The molecular formula is C22H19N3O4. The smallest absolute Gasteiger partial charge is 0.343 e. The third kappa shape index (κ3) is 5.49. The maximum absolute atomic E-state index is 12.3. The standard InChI is InChI=1S/C22H19N3O4/c1-2-28-20-13-16(14-24-25-21(26)18-9-6-12-23-15-18)10-11-19(20)29-22(27)17-7-4-3-5-8-17/h3-15H,2H2,1H3,(H,25,26). The van der Waals surface area contributed by atoms with E-state index in [1.165, 1.54) is 12.4 Å². The van der Waals surface area contributed by atoms with E-state index in [-0.39, 0.29) is 5.91 Å². The second kappa shape index (κ2) is 9.80. The first-order valence-electron chi connectivity index (χ1n) is 8.95. The minimum Gasteiger partial charge on any atom is -0.490 e. The fourth-order valence-corrected chi connectivity index (χ4v) is 2.42. The maximum Gasteiger partial charge on any atom is 0.343 e. The number of pyridine rings is 1. The molecule has 0 aliphatic heterocycles. The van der Waals surface area contributed by atoms with E-state index in [1.54, 1.807) is 60.8 Å². The zero-order chi connectivity index (χ0) is 20.5. The van der Waals surface area contributed by atoms with Gasteiger partial charge in [0.2, 0.25) is 0 Å². The molecule has 1 aromatic heterocycles. The topological polar surface area (TPSA) is 89.9 Å². The first-order chi connectivity index (χ1) is 14.2. The number of carbonyl (C=O) groups is 2. The third-order valence-electron chi connectivity index (χ3n) is 3.78. The van der Waals surface area contributed by atoms with Crippen molar-refractivity contribution in [2.75, 3.05) is 6.61 Å². The zero-order valence-electron chi connectivity index (χ0n) is 15.7. The van der Waals surface area contributed by atoms with Gasteiger partial charge in [-0.1, -0.05) is 18.2 Å². The van der Waals surface area contributed by atoms with Crippen molar-refractivity contribution in [2.45, 2.75) is 6.92 Å². The highest BCUT2D eigenvalue weighted by atomic mass is 16.6. The molecule has 0 aliphatic carbocycles. The summed E-state index contributed by atoms with van der Waals surface area (Å²) in [7, 11) is 0. The van der Waals surface area contributed by atoms with Gasteiger partial charge in [0.1, 0.15) is 0 Å². The van der Waals surface area contributed by atoms with E-state index < -0.39 is 5.97 Å². The fourth-order valence-electron chi connectivity index (χ4n) is 2.42. The number of carbonyl (C=O) groups excluding carboxylic acids is 2. The SMILES string of the molecule is CCOc1cc(C=NNC(=O)c2cccnc2)ccc1OC(=O)c1ccccc1. The molecule has 1 N–H and O–H groups in total. The number of nitrogens with zero attached hydrogens (tertiary/aromatic N) is 2. The molecule has 0 bridgehead atoms. The quantitative estimate of drug-likeness (QED) is 0.289. The number of rotatable bonds is 7. The minimum atomic E-state index is -0.475. The first kappa shape index (κ1) is 19.8. The van der Waals surface area contributed by atoms with Crippen LogP contribution in [0, 0.1) is 0 Å². The highest BCUT2D eigenvalue weighted by molar-refractivity contribution is 5.94. The van der Waals surface area contributed by atoms with Crippen LogP contribution in [-0.4, -0.2) is 29.7 Å². The zero-order valence-corrected chi connectivity index (χ0v) is 15.7. The molecule has 0 unspecified atom stereocenters. The fraction of sp³-hybridized carbons (Fsp3) is 0.0909. The Hall–Kier alpha value is -4.00. The van der Waals surface area contributed by atoms with Gasteiger partial charge in [-0.2, -0.15) is 5.10 Å². The summed E-state index contributed by atoms with van der Waals surface area (Å²) >= 11 is 0. The normalized spacial score (nSPS) is 10.5. The van der Waals surface area contributed by atoms with E-state index in [0.29, 0.717) is 34.8 Å². The van der Waals surface area contributed by atoms with Crippen molar-refractivity contribution in [1.82, 2.24) is 10.4 Å². The Labute approximate surface area is 168 Å². The number of amides is 1. The van der Waals surface area contributed by atoms with Crippen molar-refractivity contribution < 1.29 is 19.1 Å². The van der Waals surface area contributed by atoms with Crippen LogP contribution in [0.25, 0.3) is 0 Å². The highest BCUT2D eigenvalue weighted by Gasteiger charge is 2.13. The molecular weight excluding hydrogens is 370 g/mol. The van der Waals surface area contributed by atoms with Gasteiger partial charge in [0.15, 0.2) is 11.5 Å². The summed E-state index contributed by atoms with van der Waals surface area (Å²) in [5, 5.41) is 3.94. The number of esters is 1. The number of hydrogen-bond acceptors (Lipinski definition) is 6. The molecule has 146 valence electrons. The molecule has 0 aliphatic rings. The van der Waals surface area contributed by atoms with Crippen LogP contribution in [0.3, 0.4) is 0 Å². The average molecular weight is 389 g/mol. The lowest BCUT2D eigenvalue weighted by atomic mass is 10.2. The molecule has 3 aromatic rings. The van der Waals surface area contributed by atoms with Gasteiger partial charge in [0.05, 0.1) is 23.9 Å². The highest BCUT2D eigenvalue weighted by Crippen LogP contribution is 2.28. The molecule has 7 heteroatoms. The van der Waals surface area contributed by atoms with Crippen molar-refractivity contribution in [1.29, 1.82) is 0 Å². The van der Waals surface area contributed by atoms with Gasteiger partial charge in [-0.25, -0.2) is 10.2 Å². The van der Waals surface area contributed by atoms with E-state index in [1.807, 2.05) is 13.0 Å². The Balaban J connectivity index is 1.70. The van der Waals surface area contributed by atoms with Crippen LogP contribution in [-0.2, 0) is 0 Å². The average Bonchev–Trinajstić information content (AvgIpc) is 2.76. The van der Waals surface area contributed by atoms with Gasteiger partial charge >= 0.3 is 5.97 Å². The Bertz CT molecular complexity index is 1010. The van der Waals surface area contributed by atoms with E-state index in [0.717, 1.165) is 0 Å². The lowest BCUT2D eigenvalue weighted by molar-refractivity contribution is 0.0728. The van der Waals surface area contributed by atoms with Crippen LogP contribution < -0.4 is 14.9 Å². The summed E-state index contributed by atoms with van der Waals surface area (Å²) in [5.74, 6) is -0.138. The predicted molar refractivity (Wildman–Crippen MR) is 108 cm³/mol. The van der Waals surface area contributed by atoms with Crippen molar-refractivity contribution in [2.24, 2.45) is 5.10 Å². The van der Waals surface area contributed by atoms with Crippen LogP contribution in [0.1, 0.15) is 33.2 Å². The molecule has 29 heavy (non-hydrogen) atoms. The monoisotopic (exact) mass is 389 g/mol. The van der Waals surface area contributed by atoms with Crippen molar-refractivity contribution >= 4 is 18.1 Å². The van der Waals surface area contributed by atoms with E-state index in [2.05, 4.69) is 15.5 Å². The molecule has 0 spiro atoms. The minimum absolute atomic E-state index is 0.303. The summed E-state index contributed by atoms with van der Waals surface area (Å²) < 4.78 is 11.0. The number of benzene rings is 2. The second-order valence-electron chi connectivity index (χ2n) is 5.84. The van der Waals surface area contributed by atoms with Crippen molar-refractivity contribution in [3.05, 3.63) is 89.7 Å². The maximum atomic E-state index is 12.3. The summed E-state index contributed by atoms with van der Waals surface area (Å²) in [6, 6.07) is 17.0. The summed E-state index contributed by atoms with van der Waals surface area (Å²) in [5.41, 5.74) is 3.95. The number of ether oxygens (including phenoxy) is 2. The number of aromatic nitrogens is 1. The molecule has 0 radical (unpaired) electrons. The van der Waals surface area contributed by atoms with Gasteiger partial charge in [0, 0.05) is 12.4 Å². The predicted octanol–water partition coefficient (Wildman–Crippen LogP) is 3.46.